The smallest absolute Gasteiger partial charge is 0.356 e. The molecule has 0 unspecified atom stereocenters. The number of nitro groups is 1. The third kappa shape index (κ3) is 3.20. The predicted octanol–water partition coefficient (Wildman–Crippen LogP) is 2.84. The lowest BCUT2D eigenvalue weighted by atomic mass is 10.1. The van der Waals surface area contributed by atoms with Gasteiger partial charge < -0.3 is 9.47 Å². The molecule has 0 N–H and O–H groups in total. The number of carbonyl (C=O) groups excluding carboxylic acids is 1. The maximum atomic E-state index is 11.7. The third-order valence-corrected chi connectivity index (χ3v) is 2.91. The van der Waals surface area contributed by atoms with Gasteiger partial charge in [-0.05, 0) is 31.2 Å². The van der Waals surface area contributed by atoms with Crippen molar-refractivity contribution in [3.8, 4) is 17.0 Å². The van der Waals surface area contributed by atoms with E-state index in [9.17, 15) is 14.9 Å². The average Bonchev–Trinajstić information content (AvgIpc) is 2.54. The van der Waals surface area contributed by atoms with Gasteiger partial charge in [-0.3, -0.25) is 10.1 Å². The summed E-state index contributed by atoms with van der Waals surface area (Å²) >= 11 is 0. The molecule has 0 saturated heterocycles. The summed E-state index contributed by atoms with van der Waals surface area (Å²) in [6.45, 7) is 1.92. The minimum absolute atomic E-state index is 0.101. The van der Waals surface area contributed by atoms with Crippen LogP contribution in [0, 0.1) is 10.1 Å². The van der Waals surface area contributed by atoms with Crippen LogP contribution in [0.5, 0.6) is 5.75 Å². The molecule has 1 aromatic carbocycles. The van der Waals surface area contributed by atoms with E-state index in [2.05, 4.69) is 4.98 Å². The molecule has 1 heterocycles. The SMILES string of the molecule is CCOC(=O)c1cccc(-c2ccc(OC)cc2[N+](=O)[O-])n1. The first-order chi connectivity index (χ1) is 10.6. The number of ether oxygens (including phenoxy) is 2. The van der Waals surface area contributed by atoms with Gasteiger partial charge in [-0.2, -0.15) is 0 Å². The number of benzene rings is 1. The van der Waals surface area contributed by atoms with E-state index in [1.165, 1.54) is 25.3 Å². The molecule has 0 amide bonds. The molecule has 0 aliphatic carbocycles. The van der Waals surface area contributed by atoms with Gasteiger partial charge in [0.1, 0.15) is 11.4 Å². The standard InChI is InChI=1S/C15H14N2O5/c1-3-22-15(18)13-6-4-5-12(16-13)11-8-7-10(21-2)9-14(11)17(19)20/h4-9H,3H2,1-2H3. The molecule has 7 nitrogen and oxygen atoms in total. The lowest BCUT2D eigenvalue weighted by Crippen LogP contribution is -2.07. The molecule has 7 heteroatoms. The van der Waals surface area contributed by atoms with E-state index >= 15 is 0 Å². The zero-order chi connectivity index (χ0) is 16.1. The second kappa shape index (κ2) is 6.66. The Morgan fingerprint density at radius 3 is 2.73 bits per heavy atom. The largest absolute Gasteiger partial charge is 0.497 e. The summed E-state index contributed by atoms with van der Waals surface area (Å²) in [5, 5.41) is 11.2. The van der Waals surface area contributed by atoms with Crippen molar-refractivity contribution in [1.82, 2.24) is 4.98 Å². The summed E-state index contributed by atoms with van der Waals surface area (Å²) in [6.07, 6.45) is 0. The highest BCUT2D eigenvalue weighted by molar-refractivity contribution is 5.88. The molecule has 0 radical (unpaired) electrons. The Bertz CT molecular complexity index is 715. The number of hydrogen-bond donors (Lipinski definition) is 0. The van der Waals surface area contributed by atoms with Crippen molar-refractivity contribution in [2.75, 3.05) is 13.7 Å². The Kier molecular flexibility index (Phi) is 4.67. The summed E-state index contributed by atoms with van der Waals surface area (Å²) in [5.74, 6) is -0.197. The normalized spacial score (nSPS) is 10.1. The van der Waals surface area contributed by atoms with Crippen molar-refractivity contribution >= 4 is 11.7 Å². The minimum Gasteiger partial charge on any atom is -0.497 e. The molecule has 2 rings (SSSR count). The van der Waals surface area contributed by atoms with Gasteiger partial charge in [0, 0.05) is 0 Å². The Morgan fingerprint density at radius 2 is 2.09 bits per heavy atom. The average molecular weight is 302 g/mol. The zero-order valence-electron chi connectivity index (χ0n) is 12.1. The fourth-order valence-corrected chi connectivity index (χ4v) is 1.91. The van der Waals surface area contributed by atoms with Crippen LogP contribution in [0.4, 0.5) is 5.69 Å². The van der Waals surface area contributed by atoms with Gasteiger partial charge in [0.05, 0.1) is 36.0 Å². The van der Waals surface area contributed by atoms with E-state index < -0.39 is 10.9 Å². The number of hydrogen-bond acceptors (Lipinski definition) is 6. The van der Waals surface area contributed by atoms with Gasteiger partial charge in [-0.1, -0.05) is 6.07 Å². The molecular formula is C15H14N2O5. The van der Waals surface area contributed by atoms with E-state index in [4.69, 9.17) is 9.47 Å². The Morgan fingerprint density at radius 1 is 1.32 bits per heavy atom. The zero-order valence-corrected chi connectivity index (χ0v) is 12.1. The molecule has 0 aliphatic heterocycles. The molecule has 0 fully saturated rings. The number of rotatable bonds is 5. The quantitative estimate of drug-likeness (QED) is 0.479. The lowest BCUT2D eigenvalue weighted by molar-refractivity contribution is -0.384. The van der Waals surface area contributed by atoms with Crippen molar-refractivity contribution in [1.29, 1.82) is 0 Å². The van der Waals surface area contributed by atoms with Crippen LogP contribution in [-0.2, 0) is 4.74 Å². The topological polar surface area (TPSA) is 91.6 Å². The highest BCUT2D eigenvalue weighted by Crippen LogP contribution is 2.32. The van der Waals surface area contributed by atoms with Gasteiger partial charge in [-0.25, -0.2) is 9.78 Å². The molecule has 0 saturated carbocycles. The Balaban J connectivity index is 2.50. The van der Waals surface area contributed by atoms with Crippen LogP contribution in [0.2, 0.25) is 0 Å². The van der Waals surface area contributed by atoms with Crippen molar-refractivity contribution in [3.05, 3.63) is 52.2 Å². The first kappa shape index (κ1) is 15.4. The van der Waals surface area contributed by atoms with Crippen LogP contribution in [0.1, 0.15) is 17.4 Å². The van der Waals surface area contributed by atoms with Crippen molar-refractivity contribution in [2.24, 2.45) is 0 Å². The molecule has 22 heavy (non-hydrogen) atoms. The van der Waals surface area contributed by atoms with Crippen LogP contribution < -0.4 is 4.74 Å². The van der Waals surface area contributed by atoms with E-state index in [0.717, 1.165) is 0 Å². The number of carbonyl (C=O) groups is 1. The molecule has 1 aromatic heterocycles. The molecule has 0 atom stereocenters. The maximum absolute atomic E-state index is 11.7. The van der Waals surface area contributed by atoms with E-state index in [1.54, 1.807) is 25.1 Å². The summed E-state index contributed by atoms with van der Waals surface area (Å²) < 4.78 is 9.87. The molecule has 0 aliphatic rings. The van der Waals surface area contributed by atoms with Crippen molar-refractivity contribution in [2.45, 2.75) is 6.92 Å². The predicted molar refractivity (Wildman–Crippen MR) is 78.8 cm³/mol. The number of esters is 1. The maximum Gasteiger partial charge on any atom is 0.356 e. The van der Waals surface area contributed by atoms with Gasteiger partial charge in [-0.15, -0.1) is 0 Å². The first-order valence-corrected chi connectivity index (χ1v) is 6.53. The fraction of sp³-hybridized carbons (Fsp3) is 0.200. The van der Waals surface area contributed by atoms with Gasteiger partial charge in [0.2, 0.25) is 0 Å². The highest BCUT2D eigenvalue weighted by atomic mass is 16.6. The van der Waals surface area contributed by atoms with Crippen LogP contribution >= 0.6 is 0 Å². The van der Waals surface area contributed by atoms with E-state index in [-0.39, 0.29) is 18.0 Å². The van der Waals surface area contributed by atoms with E-state index in [1.807, 2.05) is 0 Å². The number of nitrogens with zero attached hydrogens (tertiary/aromatic N) is 2. The first-order valence-electron chi connectivity index (χ1n) is 6.53. The molecule has 2 aromatic rings. The second-order valence-electron chi connectivity index (χ2n) is 4.27. The van der Waals surface area contributed by atoms with Crippen molar-refractivity contribution in [3.63, 3.8) is 0 Å². The highest BCUT2D eigenvalue weighted by Gasteiger charge is 2.19. The summed E-state index contributed by atoms with van der Waals surface area (Å²) in [5.41, 5.74) is 0.578. The van der Waals surface area contributed by atoms with Crippen LogP contribution in [0.15, 0.2) is 36.4 Å². The molecular weight excluding hydrogens is 288 g/mol. The minimum atomic E-state index is -0.569. The molecule has 0 bridgehead atoms. The number of aromatic nitrogens is 1. The van der Waals surface area contributed by atoms with E-state index in [0.29, 0.717) is 17.0 Å². The van der Waals surface area contributed by atoms with Gasteiger partial charge >= 0.3 is 5.97 Å². The second-order valence-corrected chi connectivity index (χ2v) is 4.27. The van der Waals surface area contributed by atoms with Crippen LogP contribution in [0.25, 0.3) is 11.3 Å². The summed E-state index contributed by atoms with van der Waals surface area (Å²) in [7, 11) is 1.43. The molecule has 0 spiro atoms. The summed E-state index contributed by atoms with van der Waals surface area (Å²) in [6, 6.07) is 9.14. The Labute approximate surface area is 126 Å². The number of methoxy groups -OCH3 is 1. The third-order valence-electron chi connectivity index (χ3n) is 2.91. The molecule has 114 valence electrons. The lowest BCUT2D eigenvalue weighted by Gasteiger charge is -2.07. The number of pyridine rings is 1. The van der Waals surface area contributed by atoms with Crippen molar-refractivity contribution < 1.29 is 19.2 Å². The van der Waals surface area contributed by atoms with Crippen LogP contribution in [-0.4, -0.2) is 29.6 Å². The monoisotopic (exact) mass is 302 g/mol. The van der Waals surface area contributed by atoms with Gasteiger partial charge in [0.15, 0.2) is 0 Å². The van der Waals surface area contributed by atoms with Gasteiger partial charge in [0.25, 0.3) is 5.69 Å². The van der Waals surface area contributed by atoms with Crippen LogP contribution in [0.3, 0.4) is 0 Å². The fourth-order valence-electron chi connectivity index (χ4n) is 1.91. The number of nitro benzene ring substituents is 1. The Hall–Kier alpha value is -2.96. The summed E-state index contributed by atoms with van der Waals surface area (Å²) in [4.78, 5) is 26.5.